The van der Waals surface area contributed by atoms with Crippen molar-refractivity contribution in [1.29, 1.82) is 0 Å². The van der Waals surface area contributed by atoms with E-state index in [1.54, 1.807) is 0 Å². The van der Waals surface area contributed by atoms with E-state index in [4.69, 9.17) is 16.7 Å². The van der Waals surface area contributed by atoms with Crippen LogP contribution < -0.4 is 0 Å². The van der Waals surface area contributed by atoms with Crippen molar-refractivity contribution in [3.63, 3.8) is 0 Å². The van der Waals surface area contributed by atoms with Gasteiger partial charge in [-0.3, -0.25) is 4.79 Å². The molecule has 2 aliphatic rings. The number of rotatable bonds is 4. The Morgan fingerprint density at radius 2 is 2.05 bits per heavy atom. The number of benzene rings is 1. The molecular weight excluding hydrogens is 276 g/mol. The molecule has 0 heterocycles. The lowest BCUT2D eigenvalue weighted by molar-refractivity contribution is -0.137. The van der Waals surface area contributed by atoms with Gasteiger partial charge >= 0.3 is 5.97 Å². The lowest BCUT2D eigenvalue weighted by atomic mass is 9.84. The number of carbonyl (C=O) groups is 1. The van der Waals surface area contributed by atoms with Crippen LogP contribution in [-0.4, -0.2) is 16.2 Å². The number of aromatic hydroxyl groups is 1. The Kier molecular flexibility index (Phi) is 3.63. The van der Waals surface area contributed by atoms with Crippen LogP contribution in [-0.2, 0) is 17.6 Å². The quantitative estimate of drug-likeness (QED) is 0.885. The molecule has 20 heavy (non-hydrogen) atoms. The molecule has 0 amide bonds. The van der Waals surface area contributed by atoms with Crippen molar-refractivity contribution in [2.24, 2.45) is 5.92 Å². The highest BCUT2D eigenvalue weighted by atomic mass is 35.5. The summed E-state index contributed by atoms with van der Waals surface area (Å²) in [5.41, 5.74) is 3.01. The number of phenols is 1. The van der Waals surface area contributed by atoms with E-state index in [1.807, 2.05) is 6.07 Å². The molecule has 3 nitrogen and oxygen atoms in total. The van der Waals surface area contributed by atoms with Crippen LogP contribution in [0.15, 0.2) is 6.07 Å². The Morgan fingerprint density at radius 3 is 2.70 bits per heavy atom. The molecule has 0 bridgehead atoms. The van der Waals surface area contributed by atoms with E-state index in [2.05, 4.69) is 0 Å². The summed E-state index contributed by atoms with van der Waals surface area (Å²) >= 11 is 6.32. The minimum absolute atomic E-state index is 0.0767. The van der Waals surface area contributed by atoms with Crippen molar-refractivity contribution in [3.05, 3.63) is 27.8 Å². The van der Waals surface area contributed by atoms with E-state index in [-0.39, 0.29) is 18.1 Å². The van der Waals surface area contributed by atoms with E-state index < -0.39 is 5.97 Å². The molecule has 4 heteroatoms. The number of phenolic OH excluding ortho intramolecular Hbond substituents is 1. The van der Waals surface area contributed by atoms with Gasteiger partial charge in [0.25, 0.3) is 0 Å². The fraction of sp³-hybridized carbons (Fsp3) is 0.562. The third-order valence-electron chi connectivity index (χ3n) is 4.57. The molecule has 1 aromatic rings. The minimum atomic E-state index is -0.810. The van der Waals surface area contributed by atoms with Gasteiger partial charge in [0.2, 0.25) is 0 Å². The second-order valence-corrected chi connectivity index (χ2v) is 6.39. The number of hydrogen-bond acceptors (Lipinski definition) is 2. The first kappa shape index (κ1) is 13.7. The molecule has 0 saturated heterocycles. The normalized spacial score (nSPS) is 19.4. The zero-order valence-electron chi connectivity index (χ0n) is 11.4. The third kappa shape index (κ3) is 2.51. The maximum absolute atomic E-state index is 11.1. The Labute approximate surface area is 123 Å². The minimum Gasteiger partial charge on any atom is -0.506 e. The highest BCUT2D eigenvalue weighted by Gasteiger charge is 2.36. The summed E-state index contributed by atoms with van der Waals surface area (Å²) in [6.45, 7) is 0. The van der Waals surface area contributed by atoms with Gasteiger partial charge in [0.05, 0.1) is 11.4 Å². The van der Waals surface area contributed by atoms with Gasteiger partial charge in [0.15, 0.2) is 0 Å². The van der Waals surface area contributed by atoms with Gasteiger partial charge in [-0.25, -0.2) is 0 Å². The third-order valence-corrected chi connectivity index (χ3v) is 4.98. The monoisotopic (exact) mass is 294 g/mol. The van der Waals surface area contributed by atoms with Gasteiger partial charge in [0.1, 0.15) is 5.75 Å². The van der Waals surface area contributed by atoms with Gasteiger partial charge in [-0.15, -0.1) is 0 Å². The van der Waals surface area contributed by atoms with Gasteiger partial charge in [-0.1, -0.05) is 17.7 Å². The van der Waals surface area contributed by atoms with E-state index in [0.29, 0.717) is 10.9 Å². The molecule has 0 aromatic heterocycles. The predicted octanol–water partition coefficient (Wildman–Crippen LogP) is 3.89. The zero-order valence-corrected chi connectivity index (χ0v) is 12.1. The SMILES string of the molecule is O=C(O)CC(c1cc2c(c(Cl)c1O)CCCC2)C1CC1. The second kappa shape index (κ2) is 5.28. The van der Waals surface area contributed by atoms with Gasteiger partial charge < -0.3 is 10.2 Å². The van der Waals surface area contributed by atoms with Crippen LogP contribution in [0.25, 0.3) is 0 Å². The first-order valence-electron chi connectivity index (χ1n) is 7.33. The fourth-order valence-corrected chi connectivity index (χ4v) is 3.69. The first-order chi connectivity index (χ1) is 9.58. The molecule has 1 atom stereocenters. The van der Waals surface area contributed by atoms with Crippen LogP contribution >= 0.6 is 11.6 Å². The van der Waals surface area contributed by atoms with Crippen molar-refractivity contribution in [3.8, 4) is 5.75 Å². The predicted molar refractivity (Wildman–Crippen MR) is 77.5 cm³/mol. The largest absolute Gasteiger partial charge is 0.506 e. The summed E-state index contributed by atoms with van der Waals surface area (Å²) in [6, 6.07) is 2.02. The maximum atomic E-state index is 11.1. The van der Waals surface area contributed by atoms with Crippen molar-refractivity contribution in [1.82, 2.24) is 0 Å². The number of hydrogen-bond donors (Lipinski definition) is 2. The molecule has 1 unspecified atom stereocenters. The highest BCUT2D eigenvalue weighted by molar-refractivity contribution is 6.33. The lowest BCUT2D eigenvalue weighted by Gasteiger charge is -2.23. The first-order valence-corrected chi connectivity index (χ1v) is 7.70. The van der Waals surface area contributed by atoms with E-state index in [1.165, 1.54) is 5.56 Å². The number of fused-ring (bicyclic) bond motifs is 1. The fourth-order valence-electron chi connectivity index (χ4n) is 3.36. The molecule has 0 aliphatic heterocycles. The highest BCUT2D eigenvalue weighted by Crippen LogP contribution is 2.49. The van der Waals surface area contributed by atoms with Crippen LogP contribution in [0.1, 0.15) is 54.7 Å². The molecule has 3 rings (SSSR count). The summed E-state index contributed by atoms with van der Waals surface area (Å²) in [5.74, 6) is -0.410. The molecule has 0 radical (unpaired) electrons. The molecule has 1 fully saturated rings. The molecule has 2 aliphatic carbocycles. The van der Waals surface area contributed by atoms with E-state index >= 15 is 0 Å². The lowest BCUT2D eigenvalue weighted by Crippen LogP contribution is -2.11. The molecular formula is C16H19ClO3. The summed E-state index contributed by atoms with van der Waals surface area (Å²) in [6.07, 6.45) is 6.31. The number of carboxylic acids is 1. The average molecular weight is 295 g/mol. The summed E-state index contributed by atoms with van der Waals surface area (Å²) in [7, 11) is 0. The van der Waals surface area contributed by atoms with Crippen LogP contribution in [0.2, 0.25) is 5.02 Å². The average Bonchev–Trinajstić information content (AvgIpc) is 3.25. The summed E-state index contributed by atoms with van der Waals surface area (Å²) < 4.78 is 0. The topological polar surface area (TPSA) is 57.5 Å². The Bertz CT molecular complexity index is 549. The maximum Gasteiger partial charge on any atom is 0.303 e. The van der Waals surface area contributed by atoms with Crippen molar-refractivity contribution >= 4 is 17.6 Å². The standard InChI is InChI=1S/C16H19ClO3/c17-15-11-4-2-1-3-10(11)7-13(16(15)20)12(8-14(18)19)9-5-6-9/h7,9,12,20H,1-6,8H2,(H,18,19). The van der Waals surface area contributed by atoms with Crippen LogP contribution in [0, 0.1) is 5.92 Å². The van der Waals surface area contributed by atoms with Crippen molar-refractivity contribution < 1.29 is 15.0 Å². The summed E-state index contributed by atoms with van der Waals surface area (Å²) in [4.78, 5) is 11.1. The molecule has 2 N–H and O–H groups in total. The summed E-state index contributed by atoms with van der Waals surface area (Å²) in [5, 5.41) is 19.9. The zero-order chi connectivity index (χ0) is 14.3. The van der Waals surface area contributed by atoms with Crippen molar-refractivity contribution in [2.75, 3.05) is 0 Å². The van der Waals surface area contributed by atoms with E-state index in [0.717, 1.165) is 49.7 Å². The van der Waals surface area contributed by atoms with E-state index in [9.17, 15) is 9.90 Å². The molecule has 1 aromatic carbocycles. The number of halogens is 1. The van der Waals surface area contributed by atoms with Crippen LogP contribution in [0.3, 0.4) is 0 Å². The molecule has 0 spiro atoms. The molecule has 108 valence electrons. The Hall–Kier alpha value is -1.22. The van der Waals surface area contributed by atoms with Crippen LogP contribution in [0.5, 0.6) is 5.75 Å². The van der Waals surface area contributed by atoms with Crippen molar-refractivity contribution in [2.45, 2.75) is 50.9 Å². The Balaban J connectivity index is 2.03. The number of aryl methyl sites for hydroxylation is 1. The second-order valence-electron chi connectivity index (χ2n) is 6.01. The van der Waals surface area contributed by atoms with Gasteiger partial charge in [-0.05, 0) is 61.1 Å². The Morgan fingerprint density at radius 1 is 1.35 bits per heavy atom. The number of carboxylic acid groups (broad SMARTS) is 1. The smallest absolute Gasteiger partial charge is 0.303 e. The van der Waals surface area contributed by atoms with Gasteiger partial charge in [0, 0.05) is 5.92 Å². The molecule has 1 saturated carbocycles. The number of aliphatic carboxylic acids is 1. The van der Waals surface area contributed by atoms with Gasteiger partial charge in [-0.2, -0.15) is 0 Å². The van der Waals surface area contributed by atoms with Crippen LogP contribution in [0.4, 0.5) is 0 Å².